The van der Waals surface area contributed by atoms with E-state index < -0.39 is 17.7 Å². The third-order valence-electron chi connectivity index (χ3n) is 5.63. The summed E-state index contributed by atoms with van der Waals surface area (Å²) in [4.78, 5) is 27.0. The first-order valence-corrected chi connectivity index (χ1v) is 10.7. The van der Waals surface area contributed by atoms with Crippen LogP contribution in [0.25, 0.3) is 5.76 Å². The van der Waals surface area contributed by atoms with E-state index in [1.807, 2.05) is 49.4 Å². The lowest BCUT2D eigenvalue weighted by Crippen LogP contribution is -2.32. The molecule has 1 unspecified atom stereocenters. The van der Waals surface area contributed by atoms with Gasteiger partial charge in [-0.1, -0.05) is 72.3 Å². The Labute approximate surface area is 192 Å². The Balaban J connectivity index is 1.73. The highest BCUT2D eigenvalue weighted by Gasteiger charge is 2.45. The number of carbonyl (C=O) groups excluding carboxylic acids is 2. The zero-order chi connectivity index (χ0) is 23.4. The van der Waals surface area contributed by atoms with Gasteiger partial charge in [0.25, 0.3) is 11.7 Å². The zero-order valence-corrected chi connectivity index (χ0v) is 18.3. The molecule has 1 heterocycles. The van der Waals surface area contributed by atoms with Gasteiger partial charge in [0.2, 0.25) is 0 Å². The fourth-order valence-electron chi connectivity index (χ4n) is 3.95. The van der Waals surface area contributed by atoms with Crippen molar-refractivity contribution >= 4 is 17.4 Å². The third-order valence-corrected chi connectivity index (χ3v) is 5.63. The molecule has 6 nitrogen and oxygen atoms in total. The van der Waals surface area contributed by atoms with Crippen molar-refractivity contribution in [3.05, 3.63) is 107 Å². The number of aryl methyl sites for hydroxylation is 1. The first kappa shape index (κ1) is 22.3. The van der Waals surface area contributed by atoms with Gasteiger partial charge in [-0.2, -0.15) is 0 Å². The summed E-state index contributed by atoms with van der Waals surface area (Å²) < 4.78 is 5.92. The largest absolute Gasteiger partial charge is 0.507 e. The van der Waals surface area contributed by atoms with Crippen LogP contribution in [-0.4, -0.2) is 40.0 Å². The number of carbonyl (C=O) groups is 2. The number of hydrogen-bond donors (Lipinski definition) is 2. The Hall–Kier alpha value is -3.90. The number of nitrogens with zero attached hydrogens (tertiary/aromatic N) is 1. The summed E-state index contributed by atoms with van der Waals surface area (Å²) in [6.45, 7) is 1.95. The monoisotopic (exact) mass is 443 g/mol. The highest BCUT2D eigenvalue weighted by atomic mass is 16.5. The Morgan fingerprint density at radius 1 is 0.970 bits per heavy atom. The molecule has 0 aromatic heterocycles. The average molecular weight is 443 g/mol. The molecule has 1 aliphatic heterocycles. The van der Waals surface area contributed by atoms with E-state index in [9.17, 15) is 19.8 Å². The molecule has 1 amide bonds. The molecule has 3 aromatic rings. The molecule has 2 N–H and O–H groups in total. The molecule has 33 heavy (non-hydrogen) atoms. The Bertz CT molecular complexity index is 1180. The lowest BCUT2D eigenvalue weighted by Gasteiger charge is -2.25. The van der Waals surface area contributed by atoms with Crippen LogP contribution in [0, 0.1) is 6.92 Å². The second-order valence-electron chi connectivity index (χ2n) is 7.93. The number of hydrogen-bond acceptors (Lipinski definition) is 5. The first-order chi connectivity index (χ1) is 16.0. The fraction of sp³-hybridized carbons (Fsp3) is 0.185. The van der Waals surface area contributed by atoms with Crippen molar-refractivity contribution in [2.45, 2.75) is 19.6 Å². The van der Waals surface area contributed by atoms with Crippen LogP contribution in [0.1, 0.15) is 28.3 Å². The molecule has 0 radical (unpaired) electrons. The molecular weight excluding hydrogens is 418 g/mol. The lowest BCUT2D eigenvalue weighted by atomic mass is 9.95. The van der Waals surface area contributed by atoms with Crippen LogP contribution < -0.4 is 4.74 Å². The maximum atomic E-state index is 12.9. The summed E-state index contributed by atoms with van der Waals surface area (Å²) in [5.41, 5.74) is 3.07. The third kappa shape index (κ3) is 4.66. The van der Waals surface area contributed by atoms with Crippen LogP contribution in [0.2, 0.25) is 0 Å². The smallest absolute Gasteiger partial charge is 0.295 e. The molecule has 0 saturated carbocycles. The van der Waals surface area contributed by atoms with E-state index in [-0.39, 0.29) is 24.5 Å². The van der Waals surface area contributed by atoms with Gasteiger partial charge in [-0.15, -0.1) is 0 Å². The van der Waals surface area contributed by atoms with Gasteiger partial charge in [0.15, 0.2) is 0 Å². The Morgan fingerprint density at radius 3 is 2.39 bits per heavy atom. The first-order valence-electron chi connectivity index (χ1n) is 10.7. The van der Waals surface area contributed by atoms with Gasteiger partial charge in [-0.3, -0.25) is 9.59 Å². The van der Waals surface area contributed by atoms with Crippen LogP contribution in [0.5, 0.6) is 5.75 Å². The van der Waals surface area contributed by atoms with E-state index in [4.69, 9.17) is 4.74 Å². The molecule has 1 aliphatic rings. The van der Waals surface area contributed by atoms with E-state index in [1.54, 1.807) is 36.4 Å². The molecule has 4 rings (SSSR count). The van der Waals surface area contributed by atoms with E-state index >= 15 is 0 Å². The number of aliphatic hydroxyl groups is 2. The summed E-state index contributed by atoms with van der Waals surface area (Å²) in [5, 5.41) is 20.5. The number of rotatable bonds is 7. The number of β-amino-alcohol motifs (C(OH)–C–C–N with tert-alkyl or cyclic N) is 1. The minimum absolute atomic E-state index is 0.00230. The van der Waals surface area contributed by atoms with Crippen molar-refractivity contribution in [3.63, 3.8) is 0 Å². The molecule has 1 saturated heterocycles. The van der Waals surface area contributed by atoms with E-state index in [0.29, 0.717) is 23.5 Å². The highest BCUT2D eigenvalue weighted by molar-refractivity contribution is 6.46. The average Bonchev–Trinajstić information content (AvgIpc) is 3.09. The van der Waals surface area contributed by atoms with Gasteiger partial charge in [-0.05, 0) is 30.2 Å². The van der Waals surface area contributed by atoms with Crippen LogP contribution in [0.4, 0.5) is 0 Å². The zero-order valence-electron chi connectivity index (χ0n) is 18.3. The van der Waals surface area contributed by atoms with Crippen molar-refractivity contribution in [2.24, 2.45) is 0 Å². The predicted octanol–water partition coefficient (Wildman–Crippen LogP) is 3.99. The highest BCUT2D eigenvalue weighted by Crippen LogP contribution is 2.40. The summed E-state index contributed by atoms with van der Waals surface area (Å²) in [7, 11) is 0. The summed E-state index contributed by atoms with van der Waals surface area (Å²) in [6, 6.07) is 23.1. The molecule has 168 valence electrons. The van der Waals surface area contributed by atoms with E-state index in [2.05, 4.69) is 0 Å². The fourth-order valence-corrected chi connectivity index (χ4v) is 3.95. The quantitative estimate of drug-likeness (QED) is 0.328. The van der Waals surface area contributed by atoms with Gasteiger partial charge < -0.3 is 19.8 Å². The van der Waals surface area contributed by atoms with Crippen molar-refractivity contribution in [3.8, 4) is 5.75 Å². The number of likely N-dealkylation sites (tertiary alicyclic amines) is 1. The topological polar surface area (TPSA) is 87.1 Å². The minimum atomic E-state index is -0.835. The van der Waals surface area contributed by atoms with Crippen molar-refractivity contribution in [2.75, 3.05) is 13.2 Å². The van der Waals surface area contributed by atoms with Crippen LogP contribution in [0.15, 0.2) is 84.4 Å². The molecule has 1 atom stereocenters. The number of ether oxygens (including phenoxy) is 1. The molecule has 0 aliphatic carbocycles. The molecule has 6 heteroatoms. The molecule has 1 fully saturated rings. The van der Waals surface area contributed by atoms with Crippen molar-refractivity contribution < 1.29 is 24.5 Å². The summed E-state index contributed by atoms with van der Waals surface area (Å²) >= 11 is 0. The second kappa shape index (κ2) is 9.71. The minimum Gasteiger partial charge on any atom is -0.507 e. The lowest BCUT2D eigenvalue weighted by molar-refractivity contribution is -0.140. The van der Waals surface area contributed by atoms with Crippen LogP contribution in [0.3, 0.4) is 0 Å². The number of amides is 1. The Kier molecular flexibility index (Phi) is 6.56. The van der Waals surface area contributed by atoms with Crippen molar-refractivity contribution in [1.29, 1.82) is 0 Å². The summed E-state index contributed by atoms with van der Waals surface area (Å²) in [6.07, 6.45) is 0. The van der Waals surface area contributed by atoms with E-state index in [1.165, 1.54) is 4.90 Å². The molecule has 3 aromatic carbocycles. The van der Waals surface area contributed by atoms with Gasteiger partial charge in [0.05, 0.1) is 18.2 Å². The number of benzene rings is 3. The number of ketones is 1. The predicted molar refractivity (Wildman–Crippen MR) is 124 cm³/mol. The van der Waals surface area contributed by atoms with Gasteiger partial charge >= 0.3 is 0 Å². The Morgan fingerprint density at radius 2 is 1.70 bits per heavy atom. The number of Topliss-reactive ketones (excluding diaryl/α,β-unsaturated/α-hetero) is 1. The van der Waals surface area contributed by atoms with Gasteiger partial charge in [0, 0.05) is 12.1 Å². The van der Waals surface area contributed by atoms with Crippen LogP contribution in [-0.2, 0) is 16.2 Å². The summed E-state index contributed by atoms with van der Waals surface area (Å²) in [5.74, 6) is -1.20. The van der Waals surface area contributed by atoms with Crippen LogP contribution >= 0.6 is 0 Å². The molecule has 0 bridgehead atoms. The van der Waals surface area contributed by atoms with E-state index in [0.717, 1.165) is 11.1 Å². The van der Waals surface area contributed by atoms with Gasteiger partial charge in [0.1, 0.15) is 18.1 Å². The van der Waals surface area contributed by atoms with Crippen molar-refractivity contribution in [1.82, 2.24) is 4.90 Å². The molecular formula is C27H25NO5. The maximum absolute atomic E-state index is 12.9. The normalized spacial score (nSPS) is 17.4. The standard InChI is InChI=1S/C27H25NO5/c1-18-10-12-20(13-11-18)25(30)23-24(28(14-15-29)27(32)26(23)31)21-8-5-9-22(16-21)33-17-19-6-3-2-4-7-19/h2-13,16,24,29-30H,14-15,17H2,1H3. The second-order valence-corrected chi connectivity index (χ2v) is 7.93. The van der Waals surface area contributed by atoms with Gasteiger partial charge in [-0.25, -0.2) is 0 Å². The molecule has 0 spiro atoms. The number of aliphatic hydroxyl groups excluding tert-OH is 2. The SMILES string of the molecule is Cc1ccc(C(O)=C2C(=O)C(=O)N(CCO)C2c2cccc(OCc3ccccc3)c2)cc1. The maximum Gasteiger partial charge on any atom is 0.295 e.